The molecular formula is C16H13BrClNO3. The zero-order chi connectivity index (χ0) is 16.1. The Balaban J connectivity index is 1.95. The van der Waals surface area contributed by atoms with Crippen molar-refractivity contribution in [3.63, 3.8) is 0 Å². The highest BCUT2D eigenvalue weighted by molar-refractivity contribution is 9.10. The Morgan fingerprint density at radius 3 is 2.68 bits per heavy atom. The second-order valence-electron chi connectivity index (χ2n) is 4.56. The van der Waals surface area contributed by atoms with Crippen molar-refractivity contribution in [3.8, 4) is 0 Å². The van der Waals surface area contributed by atoms with Crippen molar-refractivity contribution >= 4 is 45.1 Å². The number of anilines is 1. The fraction of sp³-hybridized carbons (Fsp3) is 0.125. The first-order valence-electron chi connectivity index (χ1n) is 6.45. The van der Waals surface area contributed by atoms with E-state index in [0.29, 0.717) is 10.2 Å². The lowest BCUT2D eigenvalue weighted by Gasteiger charge is -2.09. The van der Waals surface area contributed by atoms with Gasteiger partial charge in [-0.25, -0.2) is 4.79 Å². The average Bonchev–Trinajstić information content (AvgIpc) is 2.49. The molecule has 6 heteroatoms. The predicted molar refractivity (Wildman–Crippen MR) is 89.2 cm³/mol. The molecule has 0 unspecified atom stereocenters. The molecule has 0 heterocycles. The highest BCUT2D eigenvalue weighted by Crippen LogP contribution is 2.21. The molecule has 2 aromatic carbocycles. The first kappa shape index (κ1) is 16.5. The first-order valence-corrected chi connectivity index (χ1v) is 7.62. The number of halogens is 2. The van der Waals surface area contributed by atoms with E-state index in [2.05, 4.69) is 21.2 Å². The van der Waals surface area contributed by atoms with Crippen molar-refractivity contribution in [1.82, 2.24) is 0 Å². The molecule has 0 fully saturated rings. The molecule has 114 valence electrons. The number of amides is 1. The summed E-state index contributed by atoms with van der Waals surface area (Å²) in [6.45, 7) is 1.50. The van der Waals surface area contributed by atoms with Crippen LogP contribution in [-0.4, -0.2) is 18.5 Å². The maximum absolute atomic E-state index is 11.9. The Labute approximate surface area is 141 Å². The molecule has 0 saturated heterocycles. The number of aryl methyl sites for hydroxylation is 1. The molecule has 2 aromatic rings. The van der Waals surface area contributed by atoms with Crippen LogP contribution < -0.4 is 5.32 Å². The van der Waals surface area contributed by atoms with E-state index in [0.717, 1.165) is 5.56 Å². The fourth-order valence-electron chi connectivity index (χ4n) is 1.76. The second kappa shape index (κ2) is 7.42. The number of rotatable bonds is 4. The summed E-state index contributed by atoms with van der Waals surface area (Å²) < 4.78 is 5.68. The van der Waals surface area contributed by atoms with Crippen LogP contribution in [-0.2, 0) is 9.53 Å². The molecule has 0 aromatic heterocycles. The Kier molecular flexibility index (Phi) is 5.57. The average molecular weight is 383 g/mol. The van der Waals surface area contributed by atoms with Crippen molar-refractivity contribution in [3.05, 3.63) is 63.1 Å². The lowest BCUT2D eigenvalue weighted by molar-refractivity contribution is -0.119. The fourth-order valence-corrected chi connectivity index (χ4v) is 2.32. The van der Waals surface area contributed by atoms with Crippen LogP contribution >= 0.6 is 27.5 Å². The molecule has 22 heavy (non-hydrogen) atoms. The number of benzene rings is 2. The lowest BCUT2D eigenvalue weighted by Crippen LogP contribution is -2.21. The Morgan fingerprint density at radius 2 is 1.95 bits per heavy atom. The van der Waals surface area contributed by atoms with Gasteiger partial charge in [0.15, 0.2) is 6.61 Å². The van der Waals surface area contributed by atoms with Gasteiger partial charge in [-0.3, -0.25) is 4.79 Å². The van der Waals surface area contributed by atoms with Gasteiger partial charge >= 0.3 is 5.97 Å². The predicted octanol–water partition coefficient (Wildman–Crippen LogP) is 4.21. The highest BCUT2D eigenvalue weighted by Gasteiger charge is 2.14. The molecule has 0 aliphatic carbocycles. The van der Waals surface area contributed by atoms with Gasteiger partial charge in [0, 0.05) is 10.2 Å². The summed E-state index contributed by atoms with van der Waals surface area (Å²) in [6, 6.07) is 12.2. The molecule has 0 spiro atoms. The topological polar surface area (TPSA) is 55.4 Å². The van der Waals surface area contributed by atoms with E-state index in [-0.39, 0.29) is 17.2 Å². The van der Waals surface area contributed by atoms with Crippen LogP contribution in [0.4, 0.5) is 5.69 Å². The van der Waals surface area contributed by atoms with Gasteiger partial charge in [0.05, 0.1) is 10.6 Å². The van der Waals surface area contributed by atoms with Gasteiger partial charge in [0.1, 0.15) is 0 Å². The lowest BCUT2D eigenvalue weighted by atomic mass is 10.2. The van der Waals surface area contributed by atoms with Crippen LogP contribution in [0.1, 0.15) is 15.9 Å². The molecule has 0 atom stereocenters. The summed E-state index contributed by atoms with van der Waals surface area (Å²) in [4.78, 5) is 23.8. The van der Waals surface area contributed by atoms with Gasteiger partial charge < -0.3 is 10.1 Å². The van der Waals surface area contributed by atoms with Crippen LogP contribution in [0.5, 0.6) is 0 Å². The normalized spacial score (nSPS) is 10.1. The third-order valence-electron chi connectivity index (χ3n) is 2.90. The maximum Gasteiger partial charge on any atom is 0.340 e. The van der Waals surface area contributed by atoms with Gasteiger partial charge in [-0.2, -0.15) is 0 Å². The molecule has 4 nitrogen and oxygen atoms in total. The Hall–Kier alpha value is -1.85. The van der Waals surface area contributed by atoms with Gasteiger partial charge in [0.2, 0.25) is 0 Å². The van der Waals surface area contributed by atoms with Gasteiger partial charge in [-0.1, -0.05) is 45.7 Å². The van der Waals surface area contributed by atoms with E-state index in [1.54, 1.807) is 24.3 Å². The third kappa shape index (κ3) is 4.32. The molecule has 2 rings (SSSR count). The number of carbonyl (C=O) groups is 2. The summed E-state index contributed by atoms with van der Waals surface area (Å²) in [5.41, 5.74) is 1.82. The third-order valence-corrected chi connectivity index (χ3v) is 3.72. The van der Waals surface area contributed by atoms with E-state index in [1.807, 2.05) is 25.1 Å². The van der Waals surface area contributed by atoms with Crippen molar-refractivity contribution in [2.45, 2.75) is 6.92 Å². The molecule has 0 radical (unpaired) electrons. The number of nitrogens with one attached hydrogen (secondary N) is 1. The Bertz CT molecular complexity index is 718. The van der Waals surface area contributed by atoms with Gasteiger partial charge in [-0.05, 0) is 36.8 Å². The highest BCUT2D eigenvalue weighted by atomic mass is 79.9. The molecule has 0 aliphatic heterocycles. The van der Waals surface area contributed by atoms with Crippen LogP contribution in [0.3, 0.4) is 0 Å². The smallest absolute Gasteiger partial charge is 0.340 e. The molecule has 0 bridgehead atoms. The zero-order valence-electron chi connectivity index (χ0n) is 11.7. The van der Waals surface area contributed by atoms with Gasteiger partial charge in [-0.15, -0.1) is 0 Å². The molecule has 1 N–H and O–H groups in total. The van der Waals surface area contributed by atoms with Crippen LogP contribution in [0, 0.1) is 6.92 Å². The second-order valence-corrected chi connectivity index (χ2v) is 5.89. The minimum atomic E-state index is -0.647. The quantitative estimate of drug-likeness (QED) is 0.806. The van der Waals surface area contributed by atoms with Gasteiger partial charge in [0.25, 0.3) is 5.91 Å². The van der Waals surface area contributed by atoms with E-state index >= 15 is 0 Å². The minimum Gasteiger partial charge on any atom is -0.452 e. The van der Waals surface area contributed by atoms with E-state index in [4.69, 9.17) is 16.3 Å². The van der Waals surface area contributed by atoms with Crippen molar-refractivity contribution < 1.29 is 14.3 Å². The number of esters is 1. The monoisotopic (exact) mass is 381 g/mol. The van der Waals surface area contributed by atoms with Crippen LogP contribution in [0.15, 0.2) is 46.9 Å². The van der Waals surface area contributed by atoms with Crippen molar-refractivity contribution in [1.29, 1.82) is 0 Å². The number of para-hydroxylation sites is 1. The number of carbonyl (C=O) groups excluding carboxylic acids is 2. The standard InChI is InChI=1S/C16H13BrClNO3/c1-10-4-2-3-5-14(10)19-15(20)9-22-16(21)12-8-11(17)6-7-13(12)18/h2-8H,9H2,1H3,(H,19,20). The summed E-state index contributed by atoms with van der Waals surface area (Å²) in [7, 11) is 0. The summed E-state index contributed by atoms with van der Waals surface area (Å²) in [5.74, 6) is -1.06. The first-order chi connectivity index (χ1) is 10.5. The van der Waals surface area contributed by atoms with E-state index in [9.17, 15) is 9.59 Å². The molecule has 0 aliphatic rings. The zero-order valence-corrected chi connectivity index (χ0v) is 14.1. The van der Waals surface area contributed by atoms with Crippen molar-refractivity contribution in [2.24, 2.45) is 0 Å². The maximum atomic E-state index is 11.9. The molecule has 1 amide bonds. The SMILES string of the molecule is Cc1ccccc1NC(=O)COC(=O)c1cc(Br)ccc1Cl. The minimum absolute atomic E-state index is 0.208. The number of hydrogen-bond acceptors (Lipinski definition) is 3. The van der Waals surface area contributed by atoms with Crippen LogP contribution in [0.25, 0.3) is 0 Å². The molecular weight excluding hydrogens is 370 g/mol. The summed E-state index contributed by atoms with van der Waals surface area (Å²) >= 11 is 9.19. The van der Waals surface area contributed by atoms with Crippen molar-refractivity contribution in [2.75, 3.05) is 11.9 Å². The molecule has 0 saturated carbocycles. The number of hydrogen-bond donors (Lipinski definition) is 1. The summed E-state index contributed by atoms with van der Waals surface area (Å²) in [5, 5.41) is 2.96. The Morgan fingerprint density at radius 1 is 1.23 bits per heavy atom. The summed E-state index contributed by atoms with van der Waals surface area (Å²) in [6.07, 6.45) is 0. The number of ether oxygens (including phenoxy) is 1. The van der Waals surface area contributed by atoms with Crippen LogP contribution in [0.2, 0.25) is 5.02 Å². The largest absolute Gasteiger partial charge is 0.452 e. The van der Waals surface area contributed by atoms with E-state index in [1.165, 1.54) is 0 Å². The van der Waals surface area contributed by atoms with E-state index < -0.39 is 11.9 Å².